The topological polar surface area (TPSA) is 131 Å². The van der Waals surface area contributed by atoms with Crippen molar-refractivity contribution in [2.45, 2.75) is 0 Å². The fourth-order valence-corrected chi connectivity index (χ4v) is 2.68. The number of aromatic nitrogens is 2. The fraction of sp³-hybridized carbons (Fsp3) is 0.111. The largest absolute Gasteiger partial charge is 0.324 e. The number of aryl methyl sites for hydroxylation is 1. The number of fused-ring (bicyclic) bond motifs is 1. The molecule has 2 aromatic carbocycles. The zero-order chi connectivity index (χ0) is 19.6. The van der Waals surface area contributed by atoms with Crippen molar-refractivity contribution in [3.63, 3.8) is 0 Å². The number of non-ortho nitro benzene ring substituents is 1. The van der Waals surface area contributed by atoms with E-state index in [4.69, 9.17) is 0 Å². The second kappa shape index (κ2) is 7.05. The number of hydrogen-bond acceptors (Lipinski definition) is 6. The van der Waals surface area contributed by atoms with Crippen LogP contribution in [0.1, 0.15) is 10.5 Å². The molecule has 9 heteroatoms. The van der Waals surface area contributed by atoms with Gasteiger partial charge in [-0.25, -0.2) is 0 Å². The number of nitro benzene ring substituents is 1. The SMILES string of the molecule is Cn1nc(C(=O)C(C#N)C(=O)Nc2cccc([N+](=O)[O-])c2)c2ccccc21. The summed E-state index contributed by atoms with van der Waals surface area (Å²) in [6.07, 6.45) is 0. The van der Waals surface area contributed by atoms with Crippen LogP contribution in [-0.2, 0) is 11.8 Å². The number of rotatable bonds is 5. The Balaban J connectivity index is 1.89. The van der Waals surface area contributed by atoms with Crippen LogP contribution >= 0.6 is 0 Å². The first kappa shape index (κ1) is 17.8. The highest BCUT2D eigenvalue weighted by molar-refractivity contribution is 6.18. The molecule has 3 rings (SSSR count). The summed E-state index contributed by atoms with van der Waals surface area (Å²) < 4.78 is 1.50. The van der Waals surface area contributed by atoms with E-state index in [1.807, 2.05) is 0 Å². The lowest BCUT2D eigenvalue weighted by Gasteiger charge is -2.08. The second-order valence-electron chi connectivity index (χ2n) is 5.71. The number of nitriles is 1. The predicted molar refractivity (Wildman–Crippen MR) is 95.9 cm³/mol. The molecule has 0 aliphatic heterocycles. The van der Waals surface area contributed by atoms with Crippen molar-refractivity contribution in [3.05, 3.63) is 64.3 Å². The van der Waals surface area contributed by atoms with Gasteiger partial charge in [0.2, 0.25) is 11.7 Å². The number of benzene rings is 2. The molecule has 3 aromatic rings. The van der Waals surface area contributed by atoms with E-state index in [2.05, 4.69) is 10.4 Å². The van der Waals surface area contributed by atoms with E-state index in [0.29, 0.717) is 10.9 Å². The Morgan fingerprint density at radius 2 is 2.00 bits per heavy atom. The molecule has 1 N–H and O–H groups in total. The van der Waals surface area contributed by atoms with Crippen molar-refractivity contribution in [3.8, 4) is 6.07 Å². The lowest BCUT2D eigenvalue weighted by molar-refractivity contribution is -0.384. The van der Waals surface area contributed by atoms with Gasteiger partial charge in [0.15, 0.2) is 5.92 Å². The van der Waals surface area contributed by atoms with E-state index < -0.39 is 22.5 Å². The first-order valence-electron chi connectivity index (χ1n) is 7.83. The summed E-state index contributed by atoms with van der Waals surface area (Å²) in [5.41, 5.74) is 0.613. The number of carbonyl (C=O) groups is 2. The average Bonchev–Trinajstić information content (AvgIpc) is 2.99. The van der Waals surface area contributed by atoms with E-state index in [-0.39, 0.29) is 17.1 Å². The highest BCUT2D eigenvalue weighted by Gasteiger charge is 2.31. The molecule has 0 fully saturated rings. The highest BCUT2D eigenvalue weighted by Crippen LogP contribution is 2.22. The lowest BCUT2D eigenvalue weighted by Crippen LogP contribution is -2.29. The van der Waals surface area contributed by atoms with Gasteiger partial charge in [-0.1, -0.05) is 24.3 Å². The van der Waals surface area contributed by atoms with Crippen LogP contribution in [0.4, 0.5) is 11.4 Å². The van der Waals surface area contributed by atoms with Gasteiger partial charge in [0.25, 0.3) is 5.69 Å². The Morgan fingerprint density at radius 1 is 1.26 bits per heavy atom. The molecule has 9 nitrogen and oxygen atoms in total. The number of hydrogen-bond donors (Lipinski definition) is 1. The number of para-hydroxylation sites is 1. The van der Waals surface area contributed by atoms with Crippen molar-refractivity contribution in [1.82, 2.24) is 9.78 Å². The van der Waals surface area contributed by atoms with Crippen molar-refractivity contribution < 1.29 is 14.5 Å². The maximum Gasteiger partial charge on any atom is 0.271 e. The molecule has 0 bridgehead atoms. The van der Waals surface area contributed by atoms with Crippen molar-refractivity contribution in [2.24, 2.45) is 13.0 Å². The van der Waals surface area contributed by atoms with Gasteiger partial charge < -0.3 is 5.32 Å². The summed E-state index contributed by atoms with van der Waals surface area (Å²) in [6, 6.07) is 13.9. The van der Waals surface area contributed by atoms with E-state index in [0.717, 1.165) is 6.07 Å². The first-order valence-corrected chi connectivity index (χ1v) is 7.83. The smallest absolute Gasteiger partial charge is 0.271 e. The molecule has 134 valence electrons. The number of ketones is 1. The molecule has 0 radical (unpaired) electrons. The molecular weight excluding hydrogens is 350 g/mol. The number of amides is 1. The summed E-state index contributed by atoms with van der Waals surface area (Å²) >= 11 is 0. The summed E-state index contributed by atoms with van der Waals surface area (Å²) in [5.74, 6) is -3.25. The van der Waals surface area contributed by atoms with Crippen LogP contribution in [0.25, 0.3) is 10.9 Å². The minimum Gasteiger partial charge on any atom is -0.324 e. The Kier molecular flexibility index (Phi) is 4.64. The molecule has 0 aliphatic carbocycles. The molecule has 1 atom stereocenters. The van der Waals surface area contributed by atoms with Crippen LogP contribution in [0.2, 0.25) is 0 Å². The molecule has 27 heavy (non-hydrogen) atoms. The van der Waals surface area contributed by atoms with Crippen molar-refractivity contribution in [1.29, 1.82) is 5.26 Å². The summed E-state index contributed by atoms with van der Waals surface area (Å²) in [4.78, 5) is 35.4. The van der Waals surface area contributed by atoms with Gasteiger partial charge in [-0.3, -0.25) is 24.4 Å². The van der Waals surface area contributed by atoms with Crippen LogP contribution in [0.3, 0.4) is 0 Å². The van der Waals surface area contributed by atoms with Crippen LogP contribution in [0.15, 0.2) is 48.5 Å². The molecule has 1 aromatic heterocycles. The number of nitro groups is 1. The van der Waals surface area contributed by atoms with E-state index in [9.17, 15) is 25.0 Å². The normalized spacial score (nSPS) is 11.6. The van der Waals surface area contributed by atoms with Gasteiger partial charge in [0, 0.05) is 30.3 Å². The van der Waals surface area contributed by atoms with Crippen molar-refractivity contribution >= 4 is 34.0 Å². The van der Waals surface area contributed by atoms with Crippen molar-refractivity contribution in [2.75, 3.05) is 5.32 Å². The van der Waals surface area contributed by atoms with Crippen LogP contribution in [0, 0.1) is 27.4 Å². The van der Waals surface area contributed by atoms with Crippen LogP contribution in [0.5, 0.6) is 0 Å². The third-order valence-electron chi connectivity index (χ3n) is 3.97. The highest BCUT2D eigenvalue weighted by atomic mass is 16.6. The molecule has 0 aliphatic rings. The van der Waals surface area contributed by atoms with E-state index in [1.54, 1.807) is 37.4 Å². The Bertz CT molecular complexity index is 1110. The van der Waals surface area contributed by atoms with Gasteiger partial charge in [0.05, 0.1) is 16.5 Å². The maximum atomic E-state index is 12.7. The first-order chi connectivity index (χ1) is 12.9. The van der Waals surface area contributed by atoms with Crippen LogP contribution in [-0.4, -0.2) is 26.4 Å². The van der Waals surface area contributed by atoms with Gasteiger partial charge in [-0.2, -0.15) is 10.4 Å². The molecule has 1 unspecified atom stereocenters. The quantitative estimate of drug-likeness (QED) is 0.320. The van der Waals surface area contributed by atoms with E-state index >= 15 is 0 Å². The molecule has 1 amide bonds. The van der Waals surface area contributed by atoms with Gasteiger partial charge in [-0.15, -0.1) is 0 Å². The van der Waals surface area contributed by atoms with Gasteiger partial charge in [0.1, 0.15) is 5.69 Å². The number of nitrogens with one attached hydrogen (secondary N) is 1. The third kappa shape index (κ3) is 3.36. The minimum atomic E-state index is -1.64. The standard InChI is InChI=1S/C18H13N5O4/c1-22-15-8-3-2-7-13(15)16(21-22)17(24)14(10-19)18(25)20-11-5-4-6-12(9-11)23(26)27/h2-9,14H,1H3,(H,20,25). The van der Waals surface area contributed by atoms with E-state index in [1.165, 1.54) is 22.9 Å². The minimum absolute atomic E-state index is 0.0221. The molecule has 1 heterocycles. The third-order valence-corrected chi connectivity index (χ3v) is 3.97. The van der Waals surface area contributed by atoms with Gasteiger partial charge >= 0.3 is 0 Å². The summed E-state index contributed by atoms with van der Waals surface area (Å²) in [6.45, 7) is 0. The Hall–Kier alpha value is -4.06. The fourth-order valence-electron chi connectivity index (χ4n) is 2.68. The second-order valence-corrected chi connectivity index (χ2v) is 5.71. The van der Waals surface area contributed by atoms with Gasteiger partial charge in [-0.05, 0) is 12.1 Å². The summed E-state index contributed by atoms with van der Waals surface area (Å²) in [7, 11) is 1.66. The Labute approximate surface area is 153 Å². The molecule has 0 saturated carbocycles. The number of Topliss-reactive ketones (excluding diaryl/α,β-unsaturated/α-hetero) is 1. The summed E-state index contributed by atoms with van der Waals surface area (Å²) in [5, 5.41) is 27.2. The lowest BCUT2D eigenvalue weighted by atomic mass is 10.00. The molecule has 0 saturated heterocycles. The van der Waals surface area contributed by atoms with Crippen LogP contribution < -0.4 is 5.32 Å². The average molecular weight is 363 g/mol. The molecular formula is C18H13N5O4. The number of carbonyl (C=O) groups excluding carboxylic acids is 2. The molecule has 0 spiro atoms. The zero-order valence-corrected chi connectivity index (χ0v) is 14.1. The predicted octanol–water partition coefficient (Wildman–Crippen LogP) is 2.44. The number of nitrogens with zero attached hydrogens (tertiary/aromatic N) is 4. The number of anilines is 1. The monoisotopic (exact) mass is 363 g/mol. The Morgan fingerprint density at radius 3 is 2.70 bits per heavy atom. The maximum absolute atomic E-state index is 12.7. The zero-order valence-electron chi connectivity index (χ0n) is 14.1.